The summed E-state index contributed by atoms with van der Waals surface area (Å²) in [4.78, 5) is 24.0. The monoisotopic (exact) mass is 366 g/mol. The zero-order chi connectivity index (χ0) is 18.5. The summed E-state index contributed by atoms with van der Waals surface area (Å²) in [6.45, 7) is 2.55. The Morgan fingerprint density at radius 3 is 2.56 bits per heavy atom. The van der Waals surface area contributed by atoms with Crippen molar-refractivity contribution in [2.45, 2.75) is 63.8 Å². The molecule has 2 fully saturated rings. The van der Waals surface area contributed by atoms with E-state index in [0.29, 0.717) is 11.8 Å². The van der Waals surface area contributed by atoms with Crippen LogP contribution in [0.3, 0.4) is 0 Å². The van der Waals surface area contributed by atoms with Gasteiger partial charge in [0, 0.05) is 56.3 Å². The average Bonchev–Trinajstić information content (AvgIpc) is 3.00. The van der Waals surface area contributed by atoms with Crippen LogP contribution in [0.25, 0.3) is 0 Å². The summed E-state index contributed by atoms with van der Waals surface area (Å²) in [6, 6.07) is 4.10. The summed E-state index contributed by atoms with van der Waals surface area (Å²) in [7, 11) is 0. The van der Waals surface area contributed by atoms with Crippen molar-refractivity contribution in [3.63, 3.8) is 0 Å². The Kier molecular flexibility index (Phi) is 5.85. The van der Waals surface area contributed by atoms with E-state index in [1.54, 1.807) is 0 Å². The Morgan fingerprint density at radius 1 is 1.00 bits per heavy atom. The smallest absolute Gasteiger partial charge is 0.225 e. The molecule has 27 heavy (non-hydrogen) atoms. The van der Waals surface area contributed by atoms with E-state index in [0.717, 1.165) is 51.1 Å². The van der Waals surface area contributed by atoms with Gasteiger partial charge < -0.3 is 9.47 Å². The lowest BCUT2D eigenvalue weighted by Gasteiger charge is -2.35. The molecule has 5 heteroatoms. The van der Waals surface area contributed by atoms with Crippen molar-refractivity contribution in [1.82, 2.24) is 19.4 Å². The average molecular weight is 367 g/mol. The number of carbonyl (C=O) groups excluding carboxylic acids is 1. The van der Waals surface area contributed by atoms with E-state index in [1.165, 1.54) is 31.2 Å². The molecule has 4 rings (SSSR count). The lowest BCUT2D eigenvalue weighted by Crippen LogP contribution is -2.42. The van der Waals surface area contributed by atoms with Crippen LogP contribution >= 0.6 is 0 Å². The van der Waals surface area contributed by atoms with Crippen molar-refractivity contribution in [3.8, 4) is 0 Å². The number of carbonyl (C=O) groups is 1. The lowest BCUT2D eigenvalue weighted by atomic mass is 9.93. The zero-order valence-corrected chi connectivity index (χ0v) is 16.1. The fourth-order valence-electron chi connectivity index (χ4n) is 4.67. The number of likely N-dealkylation sites (tertiary alicyclic amines) is 1. The van der Waals surface area contributed by atoms with Gasteiger partial charge in [0.05, 0.1) is 0 Å². The van der Waals surface area contributed by atoms with Gasteiger partial charge in [0.1, 0.15) is 5.82 Å². The number of pyridine rings is 1. The molecule has 3 heterocycles. The minimum Gasteiger partial charge on any atom is -0.342 e. The topological polar surface area (TPSA) is 51.0 Å². The summed E-state index contributed by atoms with van der Waals surface area (Å²) in [6.07, 6.45) is 17.0. The summed E-state index contributed by atoms with van der Waals surface area (Å²) in [5.41, 5.74) is 1.23. The number of aromatic nitrogens is 3. The van der Waals surface area contributed by atoms with Crippen LogP contribution in [0.4, 0.5) is 0 Å². The Morgan fingerprint density at radius 2 is 1.78 bits per heavy atom. The van der Waals surface area contributed by atoms with E-state index >= 15 is 0 Å². The van der Waals surface area contributed by atoms with Crippen LogP contribution < -0.4 is 0 Å². The van der Waals surface area contributed by atoms with Crippen molar-refractivity contribution < 1.29 is 4.79 Å². The van der Waals surface area contributed by atoms with Crippen molar-refractivity contribution in [2.24, 2.45) is 5.92 Å². The maximum Gasteiger partial charge on any atom is 0.225 e. The van der Waals surface area contributed by atoms with Gasteiger partial charge in [-0.05, 0) is 43.4 Å². The maximum absolute atomic E-state index is 13.1. The molecule has 1 saturated carbocycles. The Balaban J connectivity index is 1.44. The Hall–Kier alpha value is -2.17. The third-order valence-electron chi connectivity index (χ3n) is 6.15. The molecule has 2 aliphatic rings. The molecule has 1 aliphatic heterocycles. The van der Waals surface area contributed by atoms with Gasteiger partial charge in [0.2, 0.25) is 5.91 Å². The summed E-state index contributed by atoms with van der Waals surface area (Å²) >= 11 is 0. The molecule has 0 spiro atoms. The Bertz CT molecular complexity index is 734. The minimum absolute atomic E-state index is 0.253. The predicted molar refractivity (Wildman–Crippen MR) is 105 cm³/mol. The Labute approximate surface area is 161 Å². The van der Waals surface area contributed by atoms with Gasteiger partial charge in [-0.3, -0.25) is 9.78 Å². The molecule has 2 aromatic rings. The number of piperidine rings is 1. The summed E-state index contributed by atoms with van der Waals surface area (Å²) in [5, 5.41) is 0. The first-order valence-electron chi connectivity index (χ1n) is 10.5. The quantitative estimate of drug-likeness (QED) is 0.769. The van der Waals surface area contributed by atoms with Crippen molar-refractivity contribution >= 4 is 5.91 Å². The van der Waals surface area contributed by atoms with Crippen LogP contribution in [-0.2, 0) is 11.3 Å². The van der Waals surface area contributed by atoms with Crippen LogP contribution in [0, 0.1) is 5.92 Å². The van der Waals surface area contributed by atoms with E-state index < -0.39 is 0 Å². The fraction of sp³-hybridized carbons (Fsp3) is 0.591. The van der Waals surface area contributed by atoms with Gasteiger partial charge >= 0.3 is 0 Å². The molecule has 1 aliphatic carbocycles. The van der Waals surface area contributed by atoms with Crippen molar-refractivity contribution in [3.05, 3.63) is 48.3 Å². The third-order valence-corrected chi connectivity index (χ3v) is 6.15. The molecule has 2 aromatic heterocycles. The van der Waals surface area contributed by atoms with E-state index in [2.05, 4.69) is 25.6 Å². The van der Waals surface area contributed by atoms with Crippen LogP contribution in [0.2, 0.25) is 0 Å². The number of rotatable bonds is 4. The highest BCUT2D eigenvalue weighted by Gasteiger charge is 2.31. The van der Waals surface area contributed by atoms with Crippen LogP contribution in [0.5, 0.6) is 0 Å². The molecule has 0 N–H and O–H groups in total. The molecular formula is C22H30N4O. The summed E-state index contributed by atoms with van der Waals surface area (Å²) in [5.74, 6) is 2.10. The van der Waals surface area contributed by atoms with Gasteiger partial charge in [-0.2, -0.15) is 0 Å². The maximum atomic E-state index is 13.1. The zero-order valence-electron chi connectivity index (χ0n) is 16.1. The largest absolute Gasteiger partial charge is 0.342 e. The van der Waals surface area contributed by atoms with E-state index in [4.69, 9.17) is 0 Å². The SMILES string of the molecule is O=C(C1CCCCCC1)N1CCC[C@@H](c2nccn2Cc2ccncc2)C1. The van der Waals surface area contributed by atoms with Crippen LogP contribution in [0.15, 0.2) is 36.9 Å². The molecule has 0 bridgehead atoms. The molecule has 0 unspecified atom stereocenters. The number of hydrogen-bond donors (Lipinski definition) is 0. The second-order valence-electron chi connectivity index (χ2n) is 8.08. The van der Waals surface area contributed by atoms with Crippen LogP contribution in [0.1, 0.15) is 68.7 Å². The molecule has 5 nitrogen and oxygen atoms in total. The molecule has 1 amide bonds. The highest BCUT2D eigenvalue weighted by molar-refractivity contribution is 5.79. The number of imidazole rings is 1. The molecule has 1 saturated heterocycles. The molecule has 144 valence electrons. The first-order valence-corrected chi connectivity index (χ1v) is 10.5. The van der Waals surface area contributed by atoms with Gasteiger partial charge in [-0.1, -0.05) is 25.7 Å². The number of nitrogens with zero attached hydrogens (tertiary/aromatic N) is 4. The first-order chi connectivity index (χ1) is 13.3. The fourth-order valence-corrected chi connectivity index (χ4v) is 4.67. The molecular weight excluding hydrogens is 336 g/mol. The summed E-state index contributed by atoms with van der Waals surface area (Å²) < 4.78 is 2.24. The van der Waals surface area contributed by atoms with E-state index in [-0.39, 0.29) is 5.92 Å². The third kappa shape index (κ3) is 4.40. The van der Waals surface area contributed by atoms with Crippen molar-refractivity contribution in [2.75, 3.05) is 13.1 Å². The predicted octanol–water partition coefficient (Wildman–Crippen LogP) is 4.00. The van der Waals surface area contributed by atoms with E-state index in [1.807, 2.05) is 30.7 Å². The number of amides is 1. The molecule has 0 radical (unpaired) electrons. The lowest BCUT2D eigenvalue weighted by molar-refractivity contribution is -0.137. The van der Waals surface area contributed by atoms with Gasteiger partial charge in [-0.15, -0.1) is 0 Å². The van der Waals surface area contributed by atoms with E-state index in [9.17, 15) is 4.79 Å². The second kappa shape index (κ2) is 8.68. The van der Waals surface area contributed by atoms with Gasteiger partial charge in [0.25, 0.3) is 0 Å². The molecule has 1 atom stereocenters. The second-order valence-corrected chi connectivity index (χ2v) is 8.08. The molecule has 0 aromatic carbocycles. The highest BCUT2D eigenvalue weighted by Crippen LogP contribution is 2.30. The number of hydrogen-bond acceptors (Lipinski definition) is 3. The van der Waals surface area contributed by atoms with Gasteiger partial charge in [0.15, 0.2) is 0 Å². The highest BCUT2D eigenvalue weighted by atomic mass is 16.2. The van der Waals surface area contributed by atoms with Crippen molar-refractivity contribution in [1.29, 1.82) is 0 Å². The minimum atomic E-state index is 0.253. The van der Waals surface area contributed by atoms with Crippen LogP contribution in [-0.4, -0.2) is 38.4 Å². The first kappa shape index (κ1) is 18.2. The van der Waals surface area contributed by atoms with Gasteiger partial charge in [-0.25, -0.2) is 4.98 Å². The normalized spacial score (nSPS) is 21.8. The standard InChI is InChI=1S/C22H30N4O/c27-22(19-6-3-1-2-4-7-19)26-14-5-8-20(17-26)21-24-13-15-25(21)16-18-9-11-23-12-10-18/h9-13,15,19-20H,1-8,14,16-17H2/t20-/m1/s1.